The molecule has 1 saturated heterocycles. The van der Waals surface area contributed by atoms with Gasteiger partial charge in [0.05, 0.1) is 13.7 Å². The zero-order valence-corrected chi connectivity index (χ0v) is 17.7. The van der Waals surface area contributed by atoms with Crippen molar-refractivity contribution < 1.29 is 14.2 Å². The molecule has 0 radical (unpaired) electrons. The Morgan fingerprint density at radius 3 is 2.57 bits per heavy atom. The van der Waals surface area contributed by atoms with E-state index in [1.165, 1.54) is 0 Å². The molecule has 1 aromatic carbocycles. The molecule has 0 aromatic heterocycles. The Morgan fingerprint density at radius 2 is 1.93 bits per heavy atom. The molecule has 0 bridgehead atoms. The molecular weight excluding hydrogens is 356 g/mol. The monoisotopic (exact) mass is 392 g/mol. The number of hydrogen-bond acceptors (Lipinski definition) is 5. The van der Waals surface area contributed by atoms with E-state index in [9.17, 15) is 0 Å². The Labute approximate surface area is 169 Å². The van der Waals surface area contributed by atoms with Gasteiger partial charge in [0.15, 0.2) is 17.5 Å². The van der Waals surface area contributed by atoms with Crippen LogP contribution in [0, 0.1) is 0 Å². The fourth-order valence-corrected chi connectivity index (χ4v) is 3.34. The molecule has 1 aliphatic rings. The van der Waals surface area contributed by atoms with Gasteiger partial charge in [0.1, 0.15) is 6.10 Å². The number of ether oxygens (including phenoxy) is 3. The highest BCUT2D eigenvalue weighted by molar-refractivity contribution is 5.80. The van der Waals surface area contributed by atoms with Crippen molar-refractivity contribution in [3.05, 3.63) is 24.3 Å². The first-order valence-corrected chi connectivity index (χ1v) is 10.1. The molecule has 1 heterocycles. The number of guanidine groups is 1. The zero-order valence-electron chi connectivity index (χ0n) is 17.7. The maximum Gasteiger partial charge on any atom is 0.191 e. The van der Waals surface area contributed by atoms with Crippen LogP contribution in [0.5, 0.6) is 11.5 Å². The van der Waals surface area contributed by atoms with Crippen LogP contribution in [0.1, 0.15) is 26.2 Å². The van der Waals surface area contributed by atoms with Gasteiger partial charge in [-0.25, -0.2) is 0 Å². The molecule has 1 aromatic rings. The number of para-hydroxylation sites is 2. The maximum atomic E-state index is 5.99. The first kappa shape index (κ1) is 22.3. The Hall–Kier alpha value is -1.99. The lowest BCUT2D eigenvalue weighted by atomic mass is 10.1. The van der Waals surface area contributed by atoms with Crippen molar-refractivity contribution in [2.75, 3.05) is 54.1 Å². The number of rotatable bonds is 10. The molecule has 7 heteroatoms. The van der Waals surface area contributed by atoms with Crippen molar-refractivity contribution in [1.29, 1.82) is 0 Å². The average molecular weight is 393 g/mol. The molecule has 2 N–H and O–H groups in total. The van der Waals surface area contributed by atoms with Gasteiger partial charge in [-0.15, -0.1) is 0 Å². The molecule has 0 spiro atoms. The van der Waals surface area contributed by atoms with Crippen molar-refractivity contribution in [2.45, 2.75) is 38.3 Å². The van der Waals surface area contributed by atoms with Crippen molar-refractivity contribution >= 4 is 5.96 Å². The van der Waals surface area contributed by atoms with E-state index in [1.807, 2.05) is 31.2 Å². The van der Waals surface area contributed by atoms with E-state index < -0.39 is 0 Å². The Morgan fingerprint density at radius 1 is 1.21 bits per heavy atom. The van der Waals surface area contributed by atoms with Crippen LogP contribution in [-0.4, -0.2) is 77.1 Å². The summed E-state index contributed by atoms with van der Waals surface area (Å²) in [6.45, 7) is 6.88. The van der Waals surface area contributed by atoms with Crippen LogP contribution < -0.4 is 20.1 Å². The van der Waals surface area contributed by atoms with Crippen molar-refractivity contribution in [3.8, 4) is 11.5 Å². The van der Waals surface area contributed by atoms with Gasteiger partial charge in [-0.05, 0) is 38.3 Å². The Bertz CT molecular complexity index is 589. The van der Waals surface area contributed by atoms with E-state index in [1.54, 1.807) is 21.3 Å². The van der Waals surface area contributed by atoms with Crippen molar-refractivity contribution in [1.82, 2.24) is 15.5 Å². The summed E-state index contributed by atoms with van der Waals surface area (Å²) < 4.78 is 16.5. The number of hydrogen-bond donors (Lipinski definition) is 2. The minimum absolute atomic E-state index is 0.0162. The fourth-order valence-electron chi connectivity index (χ4n) is 3.34. The number of piperidine rings is 1. The largest absolute Gasteiger partial charge is 0.493 e. The molecule has 2 rings (SSSR count). The molecule has 1 atom stereocenters. The van der Waals surface area contributed by atoms with E-state index in [4.69, 9.17) is 14.2 Å². The molecule has 7 nitrogen and oxygen atoms in total. The quantitative estimate of drug-likeness (QED) is 0.361. The van der Waals surface area contributed by atoms with E-state index >= 15 is 0 Å². The topological polar surface area (TPSA) is 67.4 Å². The first-order valence-electron chi connectivity index (χ1n) is 10.1. The third-order valence-corrected chi connectivity index (χ3v) is 4.93. The van der Waals surface area contributed by atoms with Crippen LogP contribution in [-0.2, 0) is 4.74 Å². The third-order valence-electron chi connectivity index (χ3n) is 4.93. The molecule has 1 aliphatic heterocycles. The lowest BCUT2D eigenvalue weighted by molar-refractivity contribution is 0.155. The molecule has 0 amide bonds. The number of nitrogens with one attached hydrogen (secondary N) is 2. The van der Waals surface area contributed by atoms with Gasteiger partial charge < -0.3 is 29.7 Å². The Balaban J connectivity index is 1.70. The van der Waals surface area contributed by atoms with Crippen LogP contribution in [0.2, 0.25) is 0 Å². The van der Waals surface area contributed by atoms with Crippen molar-refractivity contribution in [3.63, 3.8) is 0 Å². The molecule has 1 fully saturated rings. The number of methoxy groups -OCH3 is 2. The lowest BCUT2D eigenvalue weighted by Gasteiger charge is -2.33. The van der Waals surface area contributed by atoms with Gasteiger partial charge >= 0.3 is 0 Å². The summed E-state index contributed by atoms with van der Waals surface area (Å²) in [6, 6.07) is 8.15. The van der Waals surface area contributed by atoms with Crippen LogP contribution in [0.3, 0.4) is 0 Å². The predicted molar refractivity (Wildman–Crippen MR) is 114 cm³/mol. The average Bonchev–Trinajstić information content (AvgIpc) is 2.72. The number of benzene rings is 1. The highest BCUT2D eigenvalue weighted by Gasteiger charge is 2.20. The molecule has 0 aliphatic carbocycles. The zero-order chi connectivity index (χ0) is 20.2. The molecular formula is C21H36N4O3. The second-order valence-corrected chi connectivity index (χ2v) is 7.14. The Kier molecular flexibility index (Phi) is 9.93. The summed E-state index contributed by atoms with van der Waals surface area (Å²) in [5.74, 6) is 2.32. The van der Waals surface area contributed by atoms with Gasteiger partial charge in [0.25, 0.3) is 0 Å². The summed E-state index contributed by atoms with van der Waals surface area (Å²) in [5.41, 5.74) is 0. The minimum atomic E-state index is -0.0162. The highest BCUT2D eigenvalue weighted by Crippen LogP contribution is 2.26. The van der Waals surface area contributed by atoms with E-state index in [2.05, 4.69) is 20.5 Å². The summed E-state index contributed by atoms with van der Waals surface area (Å²) in [4.78, 5) is 6.87. The highest BCUT2D eigenvalue weighted by atomic mass is 16.5. The van der Waals surface area contributed by atoms with E-state index in [0.29, 0.717) is 12.6 Å². The molecule has 0 saturated carbocycles. The first-order chi connectivity index (χ1) is 13.7. The molecule has 28 heavy (non-hydrogen) atoms. The van der Waals surface area contributed by atoms with Crippen LogP contribution in [0.4, 0.5) is 0 Å². The van der Waals surface area contributed by atoms with Gasteiger partial charge in [0, 0.05) is 46.4 Å². The van der Waals surface area contributed by atoms with E-state index in [0.717, 1.165) is 63.0 Å². The van der Waals surface area contributed by atoms with Gasteiger partial charge in [-0.3, -0.25) is 4.99 Å². The van der Waals surface area contributed by atoms with Crippen LogP contribution >= 0.6 is 0 Å². The summed E-state index contributed by atoms with van der Waals surface area (Å²) in [6.07, 6.45) is 3.33. The molecule has 158 valence electrons. The standard InChI is InChI=1S/C21H36N4O3/c1-17(28-20-9-6-5-8-19(20)27-4)16-23-21(22-2)24-18-10-13-25(14-11-18)12-7-15-26-3/h5-6,8-9,17-18H,7,10-16H2,1-4H3,(H2,22,23,24). The molecule has 1 unspecified atom stereocenters. The smallest absolute Gasteiger partial charge is 0.191 e. The fraction of sp³-hybridized carbons (Fsp3) is 0.667. The van der Waals surface area contributed by atoms with Crippen LogP contribution in [0.15, 0.2) is 29.3 Å². The van der Waals surface area contributed by atoms with Gasteiger partial charge in [-0.1, -0.05) is 12.1 Å². The van der Waals surface area contributed by atoms with Gasteiger partial charge in [0.2, 0.25) is 0 Å². The van der Waals surface area contributed by atoms with E-state index in [-0.39, 0.29) is 6.10 Å². The number of aliphatic imine (C=N–C) groups is 1. The second-order valence-electron chi connectivity index (χ2n) is 7.14. The van der Waals surface area contributed by atoms with Crippen LogP contribution in [0.25, 0.3) is 0 Å². The maximum absolute atomic E-state index is 5.99. The second kappa shape index (κ2) is 12.5. The summed E-state index contributed by atoms with van der Waals surface area (Å²) in [5, 5.41) is 6.91. The van der Waals surface area contributed by atoms with Gasteiger partial charge in [-0.2, -0.15) is 0 Å². The SMILES string of the molecule is CN=C(NCC(C)Oc1ccccc1OC)NC1CCN(CCCOC)CC1. The number of nitrogens with zero attached hydrogens (tertiary/aromatic N) is 2. The summed E-state index contributed by atoms with van der Waals surface area (Å²) >= 11 is 0. The lowest BCUT2D eigenvalue weighted by Crippen LogP contribution is -2.50. The minimum Gasteiger partial charge on any atom is -0.493 e. The van der Waals surface area contributed by atoms with Crippen molar-refractivity contribution in [2.24, 2.45) is 4.99 Å². The number of likely N-dealkylation sites (tertiary alicyclic amines) is 1. The third kappa shape index (κ3) is 7.56. The predicted octanol–water partition coefficient (Wildman–Crippen LogP) is 2.13. The normalized spacial score (nSPS) is 17.2. The summed E-state index contributed by atoms with van der Waals surface area (Å²) in [7, 11) is 5.22.